The number of carbonyl (C=O) groups is 1. The maximum absolute atomic E-state index is 12.9. The maximum atomic E-state index is 12.9. The van der Waals surface area contributed by atoms with Crippen molar-refractivity contribution in [2.45, 2.75) is 25.8 Å². The lowest BCUT2D eigenvalue weighted by molar-refractivity contribution is 0.248. The fourth-order valence-corrected chi connectivity index (χ4v) is 1.84. The second kappa shape index (κ2) is 4.92. The molecule has 0 heterocycles. The predicted molar refractivity (Wildman–Crippen MR) is 65.8 cm³/mol. The number of benzene rings is 1. The monoisotopic (exact) mass is 256 g/mol. The summed E-state index contributed by atoms with van der Waals surface area (Å²) in [6.45, 7) is 1.98. The van der Waals surface area contributed by atoms with Gasteiger partial charge in [-0.15, -0.1) is 0 Å². The zero-order valence-corrected chi connectivity index (χ0v) is 10.2. The lowest BCUT2D eigenvalue weighted by Gasteiger charge is -2.13. The Kier molecular flexibility index (Phi) is 3.52. The molecule has 2 amide bonds. The summed E-state index contributed by atoms with van der Waals surface area (Å²) < 4.78 is 12.9. The van der Waals surface area contributed by atoms with Crippen LogP contribution in [0.5, 0.6) is 0 Å². The number of halogens is 2. The van der Waals surface area contributed by atoms with Gasteiger partial charge in [-0.25, -0.2) is 9.18 Å². The molecule has 3 nitrogen and oxygen atoms in total. The second-order valence-electron chi connectivity index (χ2n) is 4.35. The number of rotatable bonds is 3. The number of hydrogen-bond acceptors (Lipinski definition) is 1. The third-order valence-electron chi connectivity index (χ3n) is 2.87. The minimum Gasteiger partial charge on any atom is -0.335 e. The van der Waals surface area contributed by atoms with Gasteiger partial charge in [-0.3, -0.25) is 0 Å². The van der Waals surface area contributed by atoms with Gasteiger partial charge >= 0.3 is 6.03 Å². The average molecular weight is 257 g/mol. The highest BCUT2D eigenvalue weighted by Crippen LogP contribution is 2.32. The van der Waals surface area contributed by atoms with Crippen LogP contribution in [0, 0.1) is 11.7 Å². The van der Waals surface area contributed by atoms with E-state index in [-0.39, 0.29) is 17.1 Å². The van der Waals surface area contributed by atoms with E-state index in [2.05, 4.69) is 10.6 Å². The number of hydrogen-bond donors (Lipinski definition) is 2. The van der Waals surface area contributed by atoms with Crippen LogP contribution < -0.4 is 10.6 Å². The lowest BCUT2D eigenvalue weighted by Crippen LogP contribution is -2.37. The third-order valence-corrected chi connectivity index (χ3v) is 3.15. The zero-order valence-electron chi connectivity index (χ0n) is 9.47. The molecule has 5 heteroatoms. The quantitative estimate of drug-likeness (QED) is 0.855. The Morgan fingerprint density at radius 2 is 2.24 bits per heavy atom. The molecule has 0 bridgehead atoms. The van der Waals surface area contributed by atoms with Crippen molar-refractivity contribution in [3.05, 3.63) is 29.0 Å². The first-order valence-corrected chi connectivity index (χ1v) is 5.96. The minimum absolute atomic E-state index is 0.00181. The second-order valence-corrected chi connectivity index (χ2v) is 4.76. The van der Waals surface area contributed by atoms with Crippen LogP contribution in [0.1, 0.15) is 19.8 Å². The van der Waals surface area contributed by atoms with E-state index < -0.39 is 5.82 Å². The number of amides is 2. The van der Waals surface area contributed by atoms with Gasteiger partial charge in [0.15, 0.2) is 0 Å². The first kappa shape index (κ1) is 12.2. The van der Waals surface area contributed by atoms with Crippen LogP contribution in [-0.4, -0.2) is 12.1 Å². The molecule has 1 aliphatic carbocycles. The fourth-order valence-electron chi connectivity index (χ4n) is 1.66. The topological polar surface area (TPSA) is 41.1 Å². The van der Waals surface area contributed by atoms with Gasteiger partial charge in [0.1, 0.15) is 5.82 Å². The van der Waals surface area contributed by atoms with Crippen LogP contribution >= 0.6 is 11.6 Å². The van der Waals surface area contributed by atoms with E-state index in [0.29, 0.717) is 11.6 Å². The number of nitrogens with one attached hydrogen (secondary N) is 2. The summed E-state index contributed by atoms with van der Waals surface area (Å²) >= 11 is 5.62. The Balaban J connectivity index is 1.90. The summed E-state index contributed by atoms with van der Waals surface area (Å²) in [5.41, 5.74) is 0.483. The van der Waals surface area contributed by atoms with Gasteiger partial charge in [0, 0.05) is 11.7 Å². The van der Waals surface area contributed by atoms with Crippen LogP contribution in [0.4, 0.5) is 14.9 Å². The summed E-state index contributed by atoms with van der Waals surface area (Å²) in [6, 6.07) is 3.97. The largest absolute Gasteiger partial charge is 0.335 e. The first-order valence-electron chi connectivity index (χ1n) is 5.59. The van der Waals surface area contributed by atoms with Crippen molar-refractivity contribution in [3.63, 3.8) is 0 Å². The molecule has 0 aromatic heterocycles. The lowest BCUT2D eigenvalue weighted by atomic mass is 10.2. The van der Waals surface area contributed by atoms with Crippen LogP contribution in [-0.2, 0) is 0 Å². The van der Waals surface area contributed by atoms with Crippen molar-refractivity contribution >= 4 is 23.3 Å². The van der Waals surface area contributed by atoms with Crippen LogP contribution in [0.25, 0.3) is 0 Å². The molecule has 2 rings (SSSR count). The molecule has 1 aliphatic rings. The minimum atomic E-state index is -0.496. The van der Waals surface area contributed by atoms with E-state index in [1.165, 1.54) is 31.0 Å². The van der Waals surface area contributed by atoms with E-state index in [0.717, 1.165) is 0 Å². The molecular weight excluding hydrogens is 243 g/mol. The van der Waals surface area contributed by atoms with Gasteiger partial charge in [-0.05, 0) is 43.9 Å². The number of urea groups is 1. The molecule has 1 unspecified atom stereocenters. The normalized spacial score (nSPS) is 16.4. The average Bonchev–Trinajstić information content (AvgIpc) is 3.06. The third kappa shape index (κ3) is 3.33. The molecule has 1 aromatic rings. The van der Waals surface area contributed by atoms with E-state index in [9.17, 15) is 9.18 Å². The smallest absolute Gasteiger partial charge is 0.319 e. The van der Waals surface area contributed by atoms with Crippen molar-refractivity contribution in [1.29, 1.82) is 0 Å². The summed E-state index contributed by atoms with van der Waals surface area (Å²) in [6.07, 6.45) is 2.34. The summed E-state index contributed by atoms with van der Waals surface area (Å²) in [4.78, 5) is 11.6. The van der Waals surface area contributed by atoms with Crippen molar-refractivity contribution in [2.24, 2.45) is 5.92 Å². The molecule has 0 saturated heterocycles. The first-order chi connectivity index (χ1) is 8.06. The number of carbonyl (C=O) groups excluding carboxylic acids is 1. The SMILES string of the molecule is CC(NC(=O)Nc1ccc(F)c(Cl)c1)C1CC1. The van der Waals surface area contributed by atoms with Crippen molar-refractivity contribution in [3.8, 4) is 0 Å². The fraction of sp³-hybridized carbons (Fsp3) is 0.417. The molecule has 0 aliphatic heterocycles. The van der Waals surface area contributed by atoms with Crippen LogP contribution in [0.2, 0.25) is 5.02 Å². The molecule has 1 saturated carbocycles. The van der Waals surface area contributed by atoms with Gasteiger partial charge in [0.25, 0.3) is 0 Å². The molecular formula is C12H14ClFN2O. The Labute approximate surface area is 104 Å². The molecule has 1 fully saturated rings. The van der Waals surface area contributed by atoms with Crippen molar-refractivity contribution in [1.82, 2.24) is 5.32 Å². The van der Waals surface area contributed by atoms with Gasteiger partial charge in [0.2, 0.25) is 0 Å². The Bertz CT molecular complexity index is 435. The van der Waals surface area contributed by atoms with Crippen LogP contribution in [0.3, 0.4) is 0 Å². The van der Waals surface area contributed by atoms with Crippen LogP contribution in [0.15, 0.2) is 18.2 Å². The molecule has 17 heavy (non-hydrogen) atoms. The molecule has 92 valence electrons. The Hall–Kier alpha value is -1.29. The maximum Gasteiger partial charge on any atom is 0.319 e. The number of anilines is 1. The zero-order chi connectivity index (χ0) is 12.4. The van der Waals surface area contributed by atoms with E-state index in [1.807, 2.05) is 6.92 Å². The summed E-state index contributed by atoms with van der Waals surface area (Å²) in [5, 5.41) is 5.46. The highest BCUT2D eigenvalue weighted by Gasteiger charge is 2.28. The molecule has 1 atom stereocenters. The molecule has 0 radical (unpaired) electrons. The van der Waals surface area contributed by atoms with Gasteiger partial charge in [-0.1, -0.05) is 11.6 Å². The Morgan fingerprint density at radius 1 is 1.53 bits per heavy atom. The summed E-state index contributed by atoms with van der Waals surface area (Å²) in [5.74, 6) is 0.0986. The highest BCUT2D eigenvalue weighted by atomic mass is 35.5. The van der Waals surface area contributed by atoms with E-state index in [4.69, 9.17) is 11.6 Å². The molecule has 2 N–H and O–H groups in total. The molecule has 0 spiro atoms. The predicted octanol–water partition coefficient (Wildman–Crippen LogP) is 3.40. The van der Waals surface area contributed by atoms with Gasteiger partial charge in [0.05, 0.1) is 5.02 Å². The van der Waals surface area contributed by atoms with Crippen molar-refractivity contribution in [2.75, 3.05) is 5.32 Å². The van der Waals surface area contributed by atoms with E-state index in [1.54, 1.807) is 0 Å². The van der Waals surface area contributed by atoms with Crippen molar-refractivity contribution < 1.29 is 9.18 Å². The molecule has 1 aromatic carbocycles. The van der Waals surface area contributed by atoms with E-state index >= 15 is 0 Å². The van der Waals surface area contributed by atoms with Gasteiger partial charge in [-0.2, -0.15) is 0 Å². The highest BCUT2D eigenvalue weighted by molar-refractivity contribution is 6.31. The van der Waals surface area contributed by atoms with Gasteiger partial charge < -0.3 is 10.6 Å². The Morgan fingerprint density at radius 3 is 2.82 bits per heavy atom. The summed E-state index contributed by atoms with van der Waals surface area (Å²) in [7, 11) is 0. The standard InChI is InChI=1S/C12H14ClFN2O/c1-7(8-2-3-8)15-12(17)16-9-4-5-11(14)10(13)6-9/h4-8H,2-3H2,1H3,(H2,15,16,17).